The standard InChI is InChI=1S/C27H33N5O4/c1-4-15-27(2,25(34)28-21-10-6-5-9-20(21)24(33)36-3)18-19-13-16-31(17-14-19)26-29-22-11-7-8-12-23(22)32(35)30-26/h5-12,19H,4,13-18H2,1-3H3,(H-,28,29,30,33,34,35)/p+1. The van der Waals surface area contributed by atoms with Crippen LogP contribution in [-0.2, 0) is 9.53 Å². The number of fused-ring (bicyclic) bond motifs is 1. The zero-order valence-electron chi connectivity index (χ0n) is 21.1. The molecule has 0 aliphatic carbocycles. The summed E-state index contributed by atoms with van der Waals surface area (Å²) in [7, 11) is 1.33. The summed E-state index contributed by atoms with van der Waals surface area (Å²) in [6, 6.07) is 14.2. The van der Waals surface area contributed by atoms with E-state index in [4.69, 9.17) is 4.74 Å². The average molecular weight is 493 g/mol. The molecule has 3 aromatic rings. The molecule has 1 saturated heterocycles. The minimum atomic E-state index is -0.573. The Morgan fingerprint density at radius 1 is 1.17 bits per heavy atom. The van der Waals surface area contributed by atoms with Crippen molar-refractivity contribution in [2.75, 3.05) is 30.4 Å². The molecule has 1 aliphatic rings. The maximum absolute atomic E-state index is 13.5. The van der Waals surface area contributed by atoms with Crippen molar-refractivity contribution >= 4 is 34.5 Å². The van der Waals surface area contributed by atoms with Gasteiger partial charge in [-0.05, 0) is 49.8 Å². The van der Waals surface area contributed by atoms with Crippen molar-refractivity contribution in [2.24, 2.45) is 11.3 Å². The zero-order chi connectivity index (χ0) is 25.7. The molecule has 9 heteroatoms. The van der Waals surface area contributed by atoms with Crippen molar-refractivity contribution in [2.45, 2.75) is 46.0 Å². The van der Waals surface area contributed by atoms with Gasteiger partial charge in [-0.2, -0.15) is 0 Å². The number of hydrogen-bond donors (Lipinski definition) is 2. The van der Waals surface area contributed by atoms with Gasteiger partial charge >= 0.3 is 11.5 Å². The Labute approximate surface area is 210 Å². The lowest BCUT2D eigenvalue weighted by Crippen LogP contribution is -2.41. The summed E-state index contributed by atoms with van der Waals surface area (Å²) in [6.45, 7) is 5.59. The van der Waals surface area contributed by atoms with Gasteiger partial charge in [-0.25, -0.2) is 9.78 Å². The van der Waals surface area contributed by atoms with E-state index in [-0.39, 0.29) is 5.91 Å². The molecule has 1 unspecified atom stereocenters. The van der Waals surface area contributed by atoms with Crippen LogP contribution in [0.1, 0.15) is 56.3 Å². The number of carbonyl (C=O) groups is 2. The summed E-state index contributed by atoms with van der Waals surface area (Å²) < 4.78 is 5.63. The fourth-order valence-electron chi connectivity index (χ4n) is 5.16. The first kappa shape index (κ1) is 25.3. The normalized spacial score (nSPS) is 15.9. The lowest BCUT2D eigenvalue weighted by atomic mass is 9.74. The minimum Gasteiger partial charge on any atom is -0.465 e. The van der Waals surface area contributed by atoms with Crippen LogP contribution >= 0.6 is 0 Å². The summed E-state index contributed by atoms with van der Waals surface area (Å²) >= 11 is 0. The van der Waals surface area contributed by atoms with Crippen LogP contribution < -0.4 is 14.8 Å². The van der Waals surface area contributed by atoms with Gasteiger partial charge in [-0.3, -0.25) is 4.79 Å². The van der Waals surface area contributed by atoms with E-state index in [1.54, 1.807) is 30.3 Å². The van der Waals surface area contributed by atoms with E-state index < -0.39 is 11.4 Å². The Morgan fingerprint density at radius 2 is 1.86 bits per heavy atom. The molecule has 1 fully saturated rings. The molecule has 190 valence electrons. The van der Waals surface area contributed by atoms with Crippen molar-refractivity contribution in [1.82, 2.24) is 10.1 Å². The first-order valence-corrected chi connectivity index (χ1v) is 12.5. The number of benzene rings is 2. The molecule has 1 amide bonds. The highest BCUT2D eigenvalue weighted by Gasteiger charge is 2.37. The first-order chi connectivity index (χ1) is 17.3. The highest BCUT2D eigenvalue weighted by atomic mass is 16.5. The Bertz CT molecular complexity index is 1300. The molecule has 0 bridgehead atoms. The van der Waals surface area contributed by atoms with Crippen LogP contribution in [0.2, 0.25) is 0 Å². The predicted octanol–water partition coefficient (Wildman–Crippen LogP) is 4.32. The number of aromatic amines is 1. The summed E-state index contributed by atoms with van der Waals surface area (Å²) in [5.41, 5.74) is 1.40. The number of carbonyl (C=O) groups excluding carboxylic acids is 2. The quantitative estimate of drug-likeness (QED) is 0.358. The van der Waals surface area contributed by atoms with E-state index >= 15 is 0 Å². The van der Waals surface area contributed by atoms with E-state index in [0.29, 0.717) is 34.2 Å². The molecule has 1 aromatic heterocycles. The Balaban J connectivity index is 1.44. The number of esters is 1. The third-order valence-corrected chi connectivity index (χ3v) is 7.11. The molecule has 1 aliphatic heterocycles. The minimum absolute atomic E-state index is 0.0833. The monoisotopic (exact) mass is 492 g/mol. The Morgan fingerprint density at radius 3 is 2.58 bits per heavy atom. The van der Waals surface area contributed by atoms with Crippen LogP contribution in [0.25, 0.3) is 11.0 Å². The molecule has 0 radical (unpaired) electrons. The fraction of sp³-hybridized carbons (Fsp3) is 0.444. The van der Waals surface area contributed by atoms with Crippen molar-refractivity contribution in [3.8, 4) is 0 Å². The van der Waals surface area contributed by atoms with E-state index in [2.05, 4.69) is 27.2 Å². The number of methoxy groups -OCH3 is 1. The second-order valence-corrected chi connectivity index (χ2v) is 9.77. The van der Waals surface area contributed by atoms with Crippen molar-refractivity contribution in [3.63, 3.8) is 0 Å². The van der Waals surface area contributed by atoms with Crippen molar-refractivity contribution < 1.29 is 18.9 Å². The van der Waals surface area contributed by atoms with Crippen LogP contribution in [0.15, 0.2) is 48.5 Å². The topological polar surface area (TPSA) is 110 Å². The number of piperidine rings is 1. The van der Waals surface area contributed by atoms with Gasteiger partial charge < -0.3 is 15.0 Å². The Hall–Kier alpha value is -3.75. The largest absolute Gasteiger partial charge is 0.465 e. The lowest BCUT2D eigenvalue weighted by molar-refractivity contribution is -0.535. The van der Waals surface area contributed by atoms with Gasteiger partial charge in [0.25, 0.3) is 5.95 Å². The summed E-state index contributed by atoms with van der Waals surface area (Å²) in [5.74, 6) is 0.365. The molecule has 1 atom stereocenters. The maximum Gasteiger partial charge on any atom is 0.339 e. The van der Waals surface area contributed by atoms with Gasteiger partial charge in [-0.15, -0.1) is 0 Å². The van der Waals surface area contributed by atoms with Crippen LogP contribution in [0.4, 0.5) is 11.6 Å². The zero-order valence-corrected chi connectivity index (χ0v) is 21.1. The smallest absolute Gasteiger partial charge is 0.339 e. The number of anilines is 2. The summed E-state index contributed by atoms with van der Waals surface area (Å²) in [4.78, 5) is 44.8. The molecule has 0 spiro atoms. The van der Waals surface area contributed by atoms with Gasteiger partial charge in [0.05, 0.1) is 23.3 Å². The molecule has 2 aromatic carbocycles. The first-order valence-electron chi connectivity index (χ1n) is 12.5. The van der Waals surface area contributed by atoms with Crippen molar-refractivity contribution in [3.05, 3.63) is 59.0 Å². The summed E-state index contributed by atoms with van der Waals surface area (Å²) in [5, 5.41) is 5.84. The second-order valence-electron chi connectivity index (χ2n) is 9.77. The van der Waals surface area contributed by atoms with E-state index in [1.807, 2.05) is 25.1 Å². The number of aromatic nitrogens is 3. The molecule has 4 rings (SSSR count). The molecule has 2 heterocycles. The number of hydrogen-bond acceptors (Lipinski definition) is 6. The van der Waals surface area contributed by atoms with Gasteiger partial charge in [0.1, 0.15) is 5.52 Å². The second kappa shape index (κ2) is 10.9. The molecular weight excluding hydrogens is 458 g/mol. The van der Waals surface area contributed by atoms with E-state index in [9.17, 15) is 14.5 Å². The van der Waals surface area contributed by atoms with Gasteiger partial charge in [0.15, 0.2) is 4.54 Å². The molecule has 36 heavy (non-hydrogen) atoms. The average Bonchev–Trinajstić information content (AvgIpc) is 2.89. The number of ether oxygens (including phenoxy) is 1. The van der Waals surface area contributed by atoms with Crippen LogP contribution in [0, 0.1) is 16.2 Å². The number of H-pyrrole nitrogens is 1. The maximum atomic E-state index is 13.5. The molecule has 0 saturated carbocycles. The molecule has 2 N–H and O–H groups in total. The highest BCUT2D eigenvalue weighted by molar-refractivity contribution is 6.02. The number of nitrogens with one attached hydrogen (secondary N) is 2. The van der Waals surface area contributed by atoms with Gasteiger partial charge in [0.2, 0.25) is 5.91 Å². The third-order valence-electron chi connectivity index (χ3n) is 7.11. The van der Waals surface area contributed by atoms with Crippen LogP contribution in [-0.4, -0.2) is 42.2 Å². The fourth-order valence-corrected chi connectivity index (χ4v) is 5.16. The van der Waals surface area contributed by atoms with Gasteiger partial charge in [0, 0.05) is 24.6 Å². The predicted molar refractivity (Wildman–Crippen MR) is 138 cm³/mol. The molecular formula is C27H34N5O4+. The van der Waals surface area contributed by atoms with Crippen molar-refractivity contribution in [1.29, 1.82) is 0 Å². The molecule has 9 nitrogen and oxygen atoms in total. The van der Waals surface area contributed by atoms with Crippen LogP contribution in [0.3, 0.4) is 0 Å². The lowest BCUT2D eigenvalue weighted by Gasteiger charge is -2.37. The number of rotatable bonds is 8. The number of para-hydroxylation sites is 3. The Kier molecular flexibility index (Phi) is 7.67. The van der Waals surface area contributed by atoms with Crippen LogP contribution in [0.5, 0.6) is 0 Å². The van der Waals surface area contributed by atoms with E-state index in [1.165, 1.54) is 7.11 Å². The highest BCUT2D eigenvalue weighted by Crippen LogP contribution is 2.37. The number of nitrogens with zero attached hydrogens (tertiary/aromatic N) is 3. The summed E-state index contributed by atoms with van der Waals surface area (Å²) in [6.07, 6.45) is 4.16. The third kappa shape index (κ3) is 5.40. The van der Waals surface area contributed by atoms with E-state index in [0.717, 1.165) is 49.7 Å². The SMILES string of the molecule is CCCC(C)(CC1CCN(c2nc3ccccc3[n+](=O)[nH]2)CC1)C(=O)Nc1ccccc1C(=O)OC. The van der Waals surface area contributed by atoms with Gasteiger partial charge in [-0.1, -0.05) is 49.6 Å². The number of amides is 1.